The van der Waals surface area contributed by atoms with Gasteiger partial charge in [0.25, 0.3) is 0 Å². The summed E-state index contributed by atoms with van der Waals surface area (Å²) < 4.78 is 10.5. The molecular weight excluding hydrogens is 264 g/mol. The lowest BCUT2D eigenvalue weighted by molar-refractivity contribution is 0.370. The minimum atomic E-state index is -0.752. The Balaban J connectivity index is 2.54. The van der Waals surface area contributed by atoms with E-state index < -0.39 is 22.7 Å². The van der Waals surface area contributed by atoms with Crippen LogP contribution in [0.15, 0.2) is 33.5 Å². The topological polar surface area (TPSA) is 100 Å². The molecule has 3 N–H and O–H groups in total. The van der Waals surface area contributed by atoms with E-state index in [1.165, 1.54) is 19.2 Å². The molecule has 0 bridgehead atoms. The van der Waals surface area contributed by atoms with Gasteiger partial charge in [0.2, 0.25) is 11.2 Å². The summed E-state index contributed by atoms with van der Waals surface area (Å²) in [6.07, 6.45) is 0. The maximum Gasteiger partial charge on any atom is 0.204 e. The highest BCUT2D eigenvalue weighted by Gasteiger charge is 2.18. The van der Waals surface area contributed by atoms with E-state index in [4.69, 9.17) is 9.15 Å². The number of ether oxygens (including phenoxy) is 1. The first-order valence-electron chi connectivity index (χ1n) is 5.71. The van der Waals surface area contributed by atoms with E-state index >= 15 is 0 Å². The predicted molar refractivity (Wildman–Crippen MR) is 71.5 cm³/mol. The van der Waals surface area contributed by atoms with E-state index in [-0.39, 0.29) is 21.9 Å². The number of phenolic OH excluding ortho intramolecular Hbond substituents is 3. The van der Waals surface area contributed by atoms with E-state index in [1.54, 1.807) is 6.07 Å². The molecule has 2 aromatic carbocycles. The SMILES string of the molecule is COc1ccc2c(=O)c3c(O)c(O)c(O)cc3oc2c1. The largest absolute Gasteiger partial charge is 0.504 e. The second kappa shape index (κ2) is 4.06. The molecule has 0 amide bonds. The summed E-state index contributed by atoms with van der Waals surface area (Å²) in [5.74, 6) is -1.52. The van der Waals surface area contributed by atoms with Gasteiger partial charge in [0.15, 0.2) is 11.5 Å². The third kappa shape index (κ3) is 1.55. The van der Waals surface area contributed by atoms with Crippen molar-refractivity contribution in [1.82, 2.24) is 0 Å². The van der Waals surface area contributed by atoms with Gasteiger partial charge in [-0.1, -0.05) is 0 Å². The minimum Gasteiger partial charge on any atom is -0.504 e. The molecular formula is C14H10O6. The lowest BCUT2D eigenvalue weighted by Crippen LogP contribution is -2.02. The lowest BCUT2D eigenvalue weighted by atomic mass is 10.1. The number of hydrogen-bond donors (Lipinski definition) is 3. The number of benzene rings is 2. The van der Waals surface area contributed by atoms with Crippen LogP contribution in [0.5, 0.6) is 23.0 Å². The van der Waals surface area contributed by atoms with Crippen LogP contribution in [-0.2, 0) is 0 Å². The van der Waals surface area contributed by atoms with Crippen molar-refractivity contribution in [2.45, 2.75) is 0 Å². The highest BCUT2D eigenvalue weighted by molar-refractivity contribution is 5.95. The molecule has 0 spiro atoms. The van der Waals surface area contributed by atoms with Crippen molar-refractivity contribution in [3.8, 4) is 23.0 Å². The van der Waals surface area contributed by atoms with Gasteiger partial charge in [-0.15, -0.1) is 0 Å². The number of phenols is 3. The van der Waals surface area contributed by atoms with Crippen molar-refractivity contribution in [2.75, 3.05) is 7.11 Å². The minimum absolute atomic E-state index is 0.0245. The number of methoxy groups -OCH3 is 1. The zero-order valence-electron chi connectivity index (χ0n) is 10.4. The van der Waals surface area contributed by atoms with Gasteiger partial charge in [-0.2, -0.15) is 0 Å². The zero-order valence-corrected chi connectivity index (χ0v) is 10.4. The van der Waals surface area contributed by atoms with Crippen molar-refractivity contribution in [1.29, 1.82) is 0 Å². The van der Waals surface area contributed by atoms with Gasteiger partial charge >= 0.3 is 0 Å². The molecule has 3 rings (SSSR count). The fraction of sp³-hybridized carbons (Fsp3) is 0.0714. The molecule has 1 heterocycles. The summed E-state index contributed by atoms with van der Waals surface area (Å²) >= 11 is 0. The summed E-state index contributed by atoms with van der Waals surface area (Å²) in [6, 6.07) is 5.69. The number of hydrogen-bond acceptors (Lipinski definition) is 6. The second-order valence-electron chi connectivity index (χ2n) is 4.26. The third-order valence-corrected chi connectivity index (χ3v) is 3.10. The van der Waals surface area contributed by atoms with Gasteiger partial charge in [-0.25, -0.2) is 0 Å². The Bertz CT molecular complexity index is 894. The van der Waals surface area contributed by atoms with Crippen LogP contribution in [0.3, 0.4) is 0 Å². The molecule has 6 heteroatoms. The van der Waals surface area contributed by atoms with E-state index in [0.717, 1.165) is 6.07 Å². The van der Waals surface area contributed by atoms with Crippen molar-refractivity contribution < 1.29 is 24.5 Å². The zero-order chi connectivity index (χ0) is 14.4. The smallest absolute Gasteiger partial charge is 0.204 e. The van der Waals surface area contributed by atoms with E-state index in [1.807, 2.05) is 0 Å². The third-order valence-electron chi connectivity index (χ3n) is 3.10. The summed E-state index contributed by atoms with van der Waals surface area (Å²) in [5, 5.41) is 28.8. The fourth-order valence-electron chi connectivity index (χ4n) is 2.08. The molecule has 3 aromatic rings. The Labute approximate surface area is 112 Å². The summed E-state index contributed by atoms with van der Waals surface area (Å²) in [5.41, 5.74) is -0.272. The van der Waals surface area contributed by atoms with Gasteiger partial charge in [-0.3, -0.25) is 4.79 Å². The second-order valence-corrected chi connectivity index (χ2v) is 4.26. The van der Waals surface area contributed by atoms with Crippen molar-refractivity contribution in [3.05, 3.63) is 34.5 Å². The molecule has 0 aliphatic heterocycles. The van der Waals surface area contributed by atoms with Gasteiger partial charge < -0.3 is 24.5 Å². The molecule has 6 nitrogen and oxygen atoms in total. The molecule has 0 saturated heterocycles. The highest BCUT2D eigenvalue weighted by Crippen LogP contribution is 2.40. The molecule has 0 aliphatic carbocycles. The van der Waals surface area contributed by atoms with E-state index in [0.29, 0.717) is 5.75 Å². The predicted octanol–water partition coefficient (Wildman–Crippen LogP) is 2.07. The van der Waals surface area contributed by atoms with Crippen molar-refractivity contribution in [2.24, 2.45) is 0 Å². The van der Waals surface area contributed by atoms with Gasteiger partial charge in [0.05, 0.1) is 12.5 Å². The maximum atomic E-state index is 12.3. The first-order chi connectivity index (χ1) is 9.52. The highest BCUT2D eigenvalue weighted by atomic mass is 16.5. The standard InChI is InChI=1S/C14H10O6/c1-19-6-2-3-7-9(4-6)20-10-5-8(15)13(17)14(18)11(10)12(7)16/h2-5,15,17-18H,1H3. The van der Waals surface area contributed by atoms with Crippen LogP contribution in [0.4, 0.5) is 0 Å². The maximum absolute atomic E-state index is 12.3. The summed E-state index contributed by atoms with van der Waals surface area (Å²) in [6.45, 7) is 0. The Hall–Kier alpha value is -2.89. The summed E-state index contributed by atoms with van der Waals surface area (Å²) in [7, 11) is 1.48. The van der Waals surface area contributed by atoms with Gasteiger partial charge in [0, 0.05) is 12.1 Å². The first kappa shape index (κ1) is 12.2. The number of rotatable bonds is 1. The Morgan fingerprint density at radius 3 is 2.50 bits per heavy atom. The van der Waals surface area contributed by atoms with Crippen LogP contribution >= 0.6 is 0 Å². The molecule has 0 saturated carbocycles. The van der Waals surface area contributed by atoms with Crippen LogP contribution < -0.4 is 10.2 Å². The average Bonchev–Trinajstić information content (AvgIpc) is 2.44. The van der Waals surface area contributed by atoms with Gasteiger partial charge in [-0.05, 0) is 12.1 Å². The quantitative estimate of drug-likeness (QED) is 0.464. The fourth-order valence-corrected chi connectivity index (χ4v) is 2.08. The van der Waals surface area contributed by atoms with Crippen LogP contribution in [0.25, 0.3) is 21.9 Å². The van der Waals surface area contributed by atoms with E-state index in [2.05, 4.69) is 0 Å². The molecule has 0 fully saturated rings. The van der Waals surface area contributed by atoms with E-state index in [9.17, 15) is 20.1 Å². The molecule has 20 heavy (non-hydrogen) atoms. The Morgan fingerprint density at radius 2 is 1.80 bits per heavy atom. The Morgan fingerprint density at radius 1 is 1.05 bits per heavy atom. The van der Waals surface area contributed by atoms with Crippen molar-refractivity contribution >= 4 is 21.9 Å². The molecule has 0 atom stereocenters. The van der Waals surface area contributed by atoms with Crippen LogP contribution in [0, 0.1) is 0 Å². The van der Waals surface area contributed by atoms with Crippen molar-refractivity contribution in [3.63, 3.8) is 0 Å². The molecule has 102 valence electrons. The molecule has 0 unspecified atom stereocenters. The normalized spacial score (nSPS) is 11.1. The number of fused-ring (bicyclic) bond motifs is 2. The summed E-state index contributed by atoms with van der Waals surface area (Å²) in [4.78, 5) is 12.3. The lowest BCUT2D eigenvalue weighted by Gasteiger charge is -2.07. The van der Waals surface area contributed by atoms with Gasteiger partial charge in [0.1, 0.15) is 22.3 Å². The monoisotopic (exact) mass is 274 g/mol. The number of aromatic hydroxyl groups is 3. The first-order valence-corrected chi connectivity index (χ1v) is 5.71. The van der Waals surface area contributed by atoms with Crippen LogP contribution in [-0.4, -0.2) is 22.4 Å². The average molecular weight is 274 g/mol. The van der Waals surface area contributed by atoms with Crippen LogP contribution in [0.2, 0.25) is 0 Å². The Kier molecular flexibility index (Phi) is 2.47. The van der Waals surface area contributed by atoms with Crippen LogP contribution in [0.1, 0.15) is 0 Å². The molecule has 1 aromatic heterocycles. The molecule has 0 aliphatic rings. The molecule has 0 radical (unpaired) electrons.